The molecule has 166 valence electrons. The normalized spacial score (nSPS) is 18.6. The van der Waals surface area contributed by atoms with Gasteiger partial charge in [-0.2, -0.15) is 5.10 Å². The number of nitrogens with one attached hydrogen (secondary N) is 1. The number of hydrogen-bond donors (Lipinski definition) is 2. The number of benzene rings is 1. The van der Waals surface area contributed by atoms with Gasteiger partial charge in [0.25, 0.3) is 5.91 Å². The fourth-order valence-corrected chi connectivity index (χ4v) is 4.63. The second-order valence-corrected chi connectivity index (χ2v) is 9.22. The Morgan fingerprint density at radius 2 is 2.03 bits per heavy atom. The fourth-order valence-electron chi connectivity index (χ4n) is 4.63. The number of hydrogen-bond acceptors (Lipinski definition) is 5. The van der Waals surface area contributed by atoms with Crippen molar-refractivity contribution in [2.45, 2.75) is 58.9 Å². The quantitative estimate of drug-likeness (QED) is 0.760. The molecule has 0 radical (unpaired) electrons. The van der Waals surface area contributed by atoms with E-state index in [4.69, 9.17) is 10.5 Å². The first kappa shape index (κ1) is 21.5. The van der Waals surface area contributed by atoms with Crippen LogP contribution in [0, 0.1) is 11.2 Å². The Kier molecular flexibility index (Phi) is 5.60. The topological polar surface area (TPSA) is 99.2 Å². The summed E-state index contributed by atoms with van der Waals surface area (Å²) in [6.07, 6.45) is 3.23. The lowest BCUT2D eigenvalue weighted by atomic mass is 9.75. The van der Waals surface area contributed by atoms with Crippen LogP contribution < -0.4 is 11.1 Å². The first-order valence-corrected chi connectivity index (χ1v) is 10.8. The van der Waals surface area contributed by atoms with Crippen LogP contribution in [0.25, 0.3) is 5.69 Å². The summed E-state index contributed by atoms with van der Waals surface area (Å²) in [4.78, 5) is 24.8. The highest BCUT2D eigenvalue weighted by Crippen LogP contribution is 2.38. The zero-order valence-corrected chi connectivity index (χ0v) is 18.3. The Labute approximate surface area is 181 Å². The molecule has 0 unspecified atom stereocenters. The molecule has 1 aromatic heterocycles. The number of nitrogens with two attached hydrogens (primary N) is 1. The van der Waals surface area contributed by atoms with Gasteiger partial charge in [-0.1, -0.05) is 20.8 Å². The van der Waals surface area contributed by atoms with Crippen LogP contribution in [0.3, 0.4) is 0 Å². The van der Waals surface area contributed by atoms with Gasteiger partial charge >= 0.3 is 0 Å². The van der Waals surface area contributed by atoms with Crippen LogP contribution in [0.5, 0.6) is 0 Å². The van der Waals surface area contributed by atoms with Crippen molar-refractivity contribution in [3.05, 3.63) is 40.5 Å². The lowest BCUT2D eigenvalue weighted by Gasteiger charge is -2.29. The van der Waals surface area contributed by atoms with Crippen LogP contribution in [-0.2, 0) is 17.6 Å². The largest absolute Gasteiger partial charge is 0.381 e. The molecular weight excluding hydrogens is 399 g/mol. The maximum Gasteiger partial charge on any atom is 0.253 e. The Morgan fingerprint density at radius 3 is 2.68 bits per heavy atom. The van der Waals surface area contributed by atoms with Crippen LogP contribution >= 0.6 is 0 Å². The number of aryl methyl sites for hydroxylation is 1. The van der Waals surface area contributed by atoms with Crippen molar-refractivity contribution in [3.8, 4) is 5.69 Å². The molecule has 1 amide bonds. The summed E-state index contributed by atoms with van der Waals surface area (Å²) in [6.45, 7) is 7.26. The van der Waals surface area contributed by atoms with Crippen molar-refractivity contribution >= 4 is 17.4 Å². The number of rotatable bonds is 5. The number of halogens is 1. The Morgan fingerprint density at radius 1 is 1.32 bits per heavy atom. The molecule has 0 bridgehead atoms. The third-order valence-electron chi connectivity index (χ3n) is 6.10. The number of Topliss-reactive ketones (excluding diaryl/α,β-unsaturated/α-hetero) is 1. The van der Waals surface area contributed by atoms with Gasteiger partial charge in [0.1, 0.15) is 5.82 Å². The first-order chi connectivity index (χ1) is 14.7. The van der Waals surface area contributed by atoms with Crippen molar-refractivity contribution in [2.24, 2.45) is 11.1 Å². The summed E-state index contributed by atoms with van der Waals surface area (Å²) in [7, 11) is 0. The van der Waals surface area contributed by atoms with Crippen molar-refractivity contribution in [2.75, 3.05) is 18.5 Å². The second-order valence-electron chi connectivity index (χ2n) is 9.22. The monoisotopic (exact) mass is 428 g/mol. The van der Waals surface area contributed by atoms with E-state index in [1.807, 2.05) is 20.8 Å². The molecule has 0 atom stereocenters. The number of amides is 1. The van der Waals surface area contributed by atoms with Gasteiger partial charge in [0.05, 0.1) is 33.9 Å². The van der Waals surface area contributed by atoms with E-state index in [0.29, 0.717) is 55.1 Å². The number of aromatic nitrogens is 2. The van der Waals surface area contributed by atoms with Crippen LogP contribution in [-0.4, -0.2) is 40.7 Å². The number of ketones is 1. The lowest BCUT2D eigenvalue weighted by molar-refractivity contribution is 0.0902. The van der Waals surface area contributed by atoms with Crippen molar-refractivity contribution in [1.82, 2.24) is 9.78 Å². The molecule has 1 aromatic carbocycles. The molecule has 7 nitrogen and oxygen atoms in total. The minimum atomic E-state index is -0.827. The average Bonchev–Trinajstić information content (AvgIpc) is 3.05. The molecule has 1 fully saturated rings. The van der Waals surface area contributed by atoms with Gasteiger partial charge in [-0.25, -0.2) is 9.07 Å². The summed E-state index contributed by atoms with van der Waals surface area (Å²) in [6, 6.07) is 3.03. The molecule has 3 N–H and O–H groups in total. The highest BCUT2D eigenvalue weighted by atomic mass is 19.1. The second kappa shape index (κ2) is 8.07. The number of carbonyl (C=O) groups excluding carboxylic acids is 2. The molecule has 2 heterocycles. The number of carbonyl (C=O) groups is 2. The molecule has 4 rings (SSSR count). The van der Waals surface area contributed by atoms with E-state index in [1.54, 1.807) is 10.7 Å². The number of anilines is 1. The maximum atomic E-state index is 15.1. The number of ether oxygens (including phenoxy) is 1. The van der Waals surface area contributed by atoms with Gasteiger partial charge in [0, 0.05) is 31.7 Å². The minimum Gasteiger partial charge on any atom is -0.381 e. The number of fused-ring (bicyclic) bond motifs is 1. The fraction of sp³-hybridized carbons (Fsp3) is 0.522. The predicted octanol–water partition coefficient (Wildman–Crippen LogP) is 3.42. The smallest absolute Gasteiger partial charge is 0.253 e. The van der Waals surface area contributed by atoms with Crippen LogP contribution in [0.15, 0.2) is 12.1 Å². The SMILES string of the molecule is CCc1nn(-c2cc(F)c(C(N)=O)c(NC3CCOCC3)c2)c2c1C(=O)CC(C)(C)C2. The Hall–Kier alpha value is -2.74. The molecule has 2 aromatic rings. The Bertz CT molecular complexity index is 1040. The first-order valence-electron chi connectivity index (χ1n) is 10.8. The van der Waals surface area contributed by atoms with Gasteiger partial charge < -0.3 is 15.8 Å². The van der Waals surface area contributed by atoms with Gasteiger partial charge in [-0.15, -0.1) is 0 Å². The zero-order valence-electron chi connectivity index (χ0n) is 18.3. The van der Waals surface area contributed by atoms with Crippen molar-refractivity contribution in [1.29, 1.82) is 0 Å². The van der Waals surface area contributed by atoms with E-state index in [2.05, 4.69) is 10.4 Å². The van der Waals surface area contributed by atoms with Gasteiger partial charge in [0.15, 0.2) is 5.78 Å². The van der Waals surface area contributed by atoms with Crippen LogP contribution in [0.4, 0.5) is 10.1 Å². The molecule has 2 aliphatic rings. The van der Waals surface area contributed by atoms with E-state index < -0.39 is 11.7 Å². The predicted molar refractivity (Wildman–Crippen MR) is 115 cm³/mol. The zero-order chi connectivity index (χ0) is 22.3. The molecule has 1 aliphatic carbocycles. The van der Waals surface area contributed by atoms with Gasteiger partial charge in [-0.05, 0) is 37.2 Å². The van der Waals surface area contributed by atoms with E-state index in [0.717, 1.165) is 18.5 Å². The highest BCUT2D eigenvalue weighted by molar-refractivity contribution is 6.00. The lowest BCUT2D eigenvalue weighted by Crippen LogP contribution is -2.30. The van der Waals surface area contributed by atoms with Crippen LogP contribution in [0.2, 0.25) is 0 Å². The molecule has 1 aliphatic heterocycles. The van der Waals surface area contributed by atoms with E-state index in [9.17, 15) is 9.59 Å². The van der Waals surface area contributed by atoms with Crippen molar-refractivity contribution < 1.29 is 18.7 Å². The van der Waals surface area contributed by atoms with Gasteiger partial charge in [0.2, 0.25) is 0 Å². The molecule has 8 heteroatoms. The van der Waals surface area contributed by atoms with Crippen LogP contribution in [0.1, 0.15) is 72.1 Å². The summed E-state index contributed by atoms with van der Waals surface area (Å²) in [5.41, 5.74) is 8.10. The summed E-state index contributed by atoms with van der Waals surface area (Å²) in [5, 5.41) is 7.94. The van der Waals surface area contributed by atoms with E-state index >= 15 is 4.39 Å². The van der Waals surface area contributed by atoms with Gasteiger partial charge in [-0.3, -0.25) is 9.59 Å². The molecule has 0 spiro atoms. The highest BCUT2D eigenvalue weighted by Gasteiger charge is 2.36. The molecular formula is C23H29FN4O3. The van der Waals surface area contributed by atoms with Crippen molar-refractivity contribution in [3.63, 3.8) is 0 Å². The average molecular weight is 429 g/mol. The summed E-state index contributed by atoms with van der Waals surface area (Å²) < 4.78 is 22.1. The number of nitrogens with zero attached hydrogens (tertiary/aromatic N) is 2. The minimum absolute atomic E-state index is 0.0553. The molecule has 0 saturated carbocycles. The standard InChI is InChI=1S/C23H29FN4O3/c1-4-16-21-18(11-23(2,3)12-19(21)29)28(27-16)14-9-15(24)20(22(25)30)17(10-14)26-13-5-7-31-8-6-13/h9-10,13,26H,4-8,11-12H2,1-3H3,(H2,25,30). The van der Waals surface area contributed by atoms with E-state index in [1.165, 1.54) is 6.07 Å². The van der Waals surface area contributed by atoms with E-state index in [-0.39, 0.29) is 22.8 Å². The molecule has 1 saturated heterocycles. The number of primary amides is 1. The molecule has 31 heavy (non-hydrogen) atoms. The maximum absolute atomic E-state index is 15.1. The summed E-state index contributed by atoms with van der Waals surface area (Å²) in [5.74, 6) is -1.46. The Balaban J connectivity index is 1.83. The summed E-state index contributed by atoms with van der Waals surface area (Å²) >= 11 is 0. The third kappa shape index (κ3) is 4.08. The third-order valence-corrected chi connectivity index (χ3v) is 6.10.